The average Bonchev–Trinajstić information content (AvgIpc) is 3.12. The van der Waals surface area contributed by atoms with E-state index >= 15 is 0 Å². The monoisotopic (exact) mass is 369 g/mol. The van der Waals surface area contributed by atoms with E-state index in [0.29, 0.717) is 16.9 Å². The topological polar surface area (TPSA) is 56.9 Å². The third-order valence-corrected chi connectivity index (χ3v) is 4.22. The molecule has 2 amide bonds. The van der Waals surface area contributed by atoms with E-state index < -0.39 is 12.0 Å². The second kappa shape index (κ2) is 8.03. The van der Waals surface area contributed by atoms with Crippen LogP contribution in [0, 0.1) is 0 Å². The molecule has 1 aromatic heterocycles. The number of halogens is 2. The van der Waals surface area contributed by atoms with Gasteiger partial charge in [-0.2, -0.15) is 0 Å². The van der Waals surface area contributed by atoms with Crippen molar-refractivity contribution in [1.82, 2.24) is 4.98 Å². The van der Waals surface area contributed by atoms with E-state index in [4.69, 9.17) is 0 Å². The number of nitrogens with one attached hydrogen (secondary N) is 3. The second-order valence-corrected chi connectivity index (χ2v) is 6.33. The molecule has 0 saturated carbocycles. The minimum absolute atomic E-state index is 0.197. The Labute approximate surface area is 156 Å². The van der Waals surface area contributed by atoms with Crippen LogP contribution in [0.2, 0.25) is 0 Å². The first-order valence-corrected chi connectivity index (χ1v) is 8.74. The number of amides is 2. The Morgan fingerprint density at radius 3 is 2.33 bits per heavy atom. The second-order valence-electron chi connectivity index (χ2n) is 6.33. The van der Waals surface area contributed by atoms with E-state index in [1.54, 1.807) is 30.5 Å². The van der Waals surface area contributed by atoms with Gasteiger partial charge in [-0.3, -0.25) is 0 Å². The highest BCUT2D eigenvalue weighted by Crippen LogP contribution is 2.24. The fraction of sp³-hybridized carbons (Fsp3) is 0.190. The van der Waals surface area contributed by atoms with Crippen molar-refractivity contribution < 1.29 is 13.6 Å². The van der Waals surface area contributed by atoms with Crippen molar-refractivity contribution >= 4 is 17.4 Å². The maximum atomic E-state index is 13.4. The first kappa shape index (κ1) is 18.6. The lowest BCUT2D eigenvalue weighted by atomic mass is 10.1. The van der Waals surface area contributed by atoms with Crippen LogP contribution in [0.25, 0.3) is 11.3 Å². The van der Waals surface area contributed by atoms with Gasteiger partial charge >= 0.3 is 6.03 Å². The third-order valence-electron chi connectivity index (χ3n) is 4.22. The molecule has 0 fully saturated rings. The quantitative estimate of drug-likeness (QED) is 0.497. The fourth-order valence-electron chi connectivity index (χ4n) is 2.67. The number of urea groups is 1. The molecule has 0 aliphatic heterocycles. The van der Waals surface area contributed by atoms with Crippen LogP contribution in [0.15, 0.2) is 66.9 Å². The normalized spacial score (nSPS) is 11.2. The number of aromatic amines is 1. The summed E-state index contributed by atoms with van der Waals surface area (Å²) in [6.45, 7) is 1.46. The van der Waals surface area contributed by atoms with Crippen molar-refractivity contribution in [2.24, 2.45) is 0 Å². The van der Waals surface area contributed by atoms with Crippen LogP contribution in [0.1, 0.15) is 18.9 Å². The number of aromatic nitrogens is 1. The van der Waals surface area contributed by atoms with Crippen LogP contribution >= 0.6 is 0 Å². The molecule has 1 heterocycles. The summed E-state index contributed by atoms with van der Waals surface area (Å²) < 4.78 is 26.9. The average molecular weight is 369 g/mol. The minimum atomic E-state index is -2.71. The smallest absolute Gasteiger partial charge is 0.323 e. The Morgan fingerprint density at radius 1 is 1.00 bits per heavy atom. The number of rotatable bonds is 6. The Bertz CT molecular complexity index is 889. The highest BCUT2D eigenvalue weighted by Gasteiger charge is 2.26. The zero-order chi connectivity index (χ0) is 19.3. The van der Waals surface area contributed by atoms with E-state index in [2.05, 4.69) is 15.6 Å². The summed E-state index contributed by atoms with van der Waals surface area (Å²) in [4.78, 5) is 15.2. The molecule has 6 heteroatoms. The van der Waals surface area contributed by atoms with Gasteiger partial charge in [0.25, 0.3) is 5.92 Å². The van der Waals surface area contributed by atoms with Crippen LogP contribution in [0.5, 0.6) is 0 Å². The van der Waals surface area contributed by atoms with Gasteiger partial charge in [-0.15, -0.1) is 0 Å². The molecule has 3 rings (SSSR count). The molecule has 0 bridgehead atoms. The van der Waals surface area contributed by atoms with Gasteiger partial charge in [0.05, 0.1) is 5.69 Å². The fourth-order valence-corrected chi connectivity index (χ4v) is 2.67. The lowest BCUT2D eigenvalue weighted by Crippen LogP contribution is -2.19. The van der Waals surface area contributed by atoms with Gasteiger partial charge in [-0.1, -0.05) is 49.4 Å². The molecular formula is C21H21F2N3O. The molecule has 0 aliphatic carbocycles. The summed E-state index contributed by atoms with van der Waals surface area (Å²) in [5, 5.41) is 5.43. The molecule has 0 unspecified atom stereocenters. The van der Waals surface area contributed by atoms with Crippen LogP contribution in [0.3, 0.4) is 0 Å². The number of hydrogen-bond acceptors (Lipinski definition) is 1. The molecule has 0 saturated heterocycles. The third kappa shape index (κ3) is 5.17. The minimum Gasteiger partial charge on any atom is -0.359 e. The molecule has 0 radical (unpaired) electrons. The van der Waals surface area contributed by atoms with E-state index in [1.807, 2.05) is 36.4 Å². The van der Waals surface area contributed by atoms with Crippen molar-refractivity contribution in [2.75, 3.05) is 10.6 Å². The molecule has 4 nitrogen and oxygen atoms in total. The highest BCUT2D eigenvalue weighted by molar-refractivity contribution is 6.00. The number of alkyl halides is 2. The largest absolute Gasteiger partial charge is 0.359 e. The zero-order valence-corrected chi connectivity index (χ0v) is 14.9. The molecule has 27 heavy (non-hydrogen) atoms. The first-order chi connectivity index (χ1) is 12.9. The zero-order valence-electron chi connectivity index (χ0n) is 14.9. The molecule has 0 spiro atoms. The van der Waals surface area contributed by atoms with Gasteiger partial charge in [0.15, 0.2) is 0 Å². The molecule has 0 atom stereocenters. The summed E-state index contributed by atoms with van der Waals surface area (Å²) in [5.41, 5.74) is 3.61. The molecule has 3 aromatic rings. The van der Waals surface area contributed by atoms with Gasteiger partial charge in [-0.05, 0) is 29.3 Å². The lowest BCUT2D eigenvalue weighted by Gasteiger charge is -2.14. The first-order valence-electron chi connectivity index (χ1n) is 8.74. The highest BCUT2D eigenvalue weighted by atomic mass is 19.3. The SMILES string of the molecule is CCC(F)(F)Cc1ccc(NC(=O)Nc2c[nH]c(-c3ccccc3)c2)cc1. The standard InChI is InChI=1S/C21H21F2N3O/c1-2-21(22,23)13-15-8-10-17(11-9-15)25-20(27)26-18-12-19(24-14-18)16-6-4-3-5-7-16/h3-12,14,24H,2,13H2,1H3,(H2,25,26,27). The summed E-state index contributed by atoms with van der Waals surface area (Å²) in [5.74, 6) is -2.71. The van der Waals surface area contributed by atoms with Crippen molar-refractivity contribution in [1.29, 1.82) is 0 Å². The number of H-pyrrole nitrogens is 1. The maximum absolute atomic E-state index is 13.4. The number of carbonyl (C=O) groups is 1. The molecule has 3 N–H and O–H groups in total. The molecule has 140 valence electrons. The van der Waals surface area contributed by atoms with Gasteiger partial charge in [0.1, 0.15) is 0 Å². The van der Waals surface area contributed by atoms with Crippen LogP contribution < -0.4 is 10.6 Å². The van der Waals surface area contributed by atoms with Crippen molar-refractivity contribution in [3.63, 3.8) is 0 Å². The van der Waals surface area contributed by atoms with Crippen molar-refractivity contribution in [3.05, 3.63) is 72.4 Å². The van der Waals surface area contributed by atoms with Crippen LogP contribution in [-0.2, 0) is 6.42 Å². The van der Waals surface area contributed by atoms with Gasteiger partial charge in [-0.25, -0.2) is 13.6 Å². The predicted octanol–water partition coefficient (Wildman–Crippen LogP) is 5.91. The maximum Gasteiger partial charge on any atom is 0.323 e. The summed E-state index contributed by atoms with van der Waals surface area (Å²) >= 11 is 0. The van der Waals surface area contributed by atoms with Crippen LogP contribution in [0.4, 0.5) is 25.0 Å². The van der Waals surface area contributed by atoms with Gasteiger partial charge in [0.2, 0.25) is 0 Å². The molecule has 0 aliphatic rings. The number of benzene rings is 2. The Morgan fingerprint density at radius 2 is 1.67 bits per heavy atom. The molecular weight excluding hydrogens is 348 g/mol. The summed E-state index contributed by atoms with van der Waals surface area (Å²) in [7, 11) is 0. The Balaban J connectivity index is 1.57. The van der Waals surface area contributed by atoms with Crippen LogP contribution in [-0.4, -0.2) is 16.9 Å². The van der Waals surface area contributed by atoms with E-state index in [-0.39, 0.29) is 12.8 Å². The number of anilines is 2. The lowest BCUT2D eigenvalue weighted by molar-refractivity contribution is -0.00219. The summed E-state index contributed by atoms with van der Waals surface area (Å²) in [6.07, 6.45) is 1.20. The summed E-state index contributed by atoms with van der Waals surface area (Å²) in [6, 6.07) is 17.6. The van der Waals surface area contributed by atoms with E-state index in [1.165, 1.54) is 6.92 Å². The van der Waals surface area contributed by atoms with Crippen molar-refractivity contribution in [2.45, 2.75) is 25.7 Å². The van der Waals surface area contributed by atoms with Gasteiger partial charge in [0, 0.05) is 30.4 Å². The van der Waals surface area contributed by atoms with E-state index in [0.717, 1.165) is 11.3 Å². The molecule has 2 aromatic carbocycles. The predicted molar refractivity (Wildman–Crippen MR) is 104 cm³/mol. The van der Waals surface area contributed by atoms with Crippen molar-refractivity contribution in [3.8, 4) is 11.3 Å². The Kier molecular flexibility index (Phi) is 5.54. The number of hydrogen-bond donors (Lipinski definition) is 3. The number of carbonyl (C=O) groups excluding carboxylic acids is 1. The van der Waals surface area contributed by atoms with Gasteiger partial charge < -0.3 is 15.6 Å². The Hall–Kier alpha value is -3.15. The van der Waals surface area contributed by atoms with E-state index in [9.17, 15) is 13.6 Å².